The van der Waals surface area contributed by atoms with E-state index in [4.69, 9.17) is 0 Å². The van der Waals surface area contributed by atoms with Gasteiger partial charge in [-0.25, -0.2) is 0 Å². The molecule has 0 saturated carbocycles. The molecule has 0 bridgehead atoms. The van der Waals surface area contributed by atoms with Crippen molar-refractivity contribution in [1.29, 1.82) is 0 Å². The van der Waals surface area contributed by atoms with Crippen LogP contribution in [0.4, 0.5) is 0 Å². The number of hydrogen-bond donors (Lipinski definition) is 4. The minimum absolute atomic E-state index is 0.586. The first-order chi connectivity index (χ1) is 8.24. The molecule has 0 nitrogen and oxygen atoms in total. The molecule has 1 atom stereocenters. The molecule has 0 amide bonds. The maximum absolute atomic E-state index is 4.65. The Bertz CT molecular complexity index is 146. The summed E-state index contributed by atoms with van der Waals surface area (Å²) in [6.45, 7) is 0. The molecule has 0 aliphatic rings. The van der Waals surface area contributed by atoms with E-state index in [1.807, 2.05) is 0 Å². The summed E-state index contributed by atoms with van der Waals surface area (Å²) in [4.78, 5) is 0. The van der Waals surface area contributed by atoms with Gasteiger partial charge in [0.1, 0.15) is 0 Å². The second-order valence-corrected chi connectivity index (χ2v) is 6.77. The van der Waals surface area contributed by atoms with Crippen LogP contribution in [0.25, 0.3) is 0 Å². The fourth-order valence-corrected chi connectivity index (χ4v) is 3.40. The van der Waals surface area contributed by atoms with Crippen molar-refractivity contribution in [2.24, 2.45) is 5.92 Å². The summed E-state index contributed by atoms with van der Waals surface area (Å²) in [5, 5.41) is 0.586. The second-order valence-electron chi connectivity index (χ2n) is 4.69. The van der Waals surface area contributed by atoms with Gasteiger partial charge in [-0.15, -0.1) is 0 Å². The van der Waals surface area contributed by atoms with Crippen LogP contribution < -0.4 is 0 Å². The minimum Gasteiger partial charge on any atom is -0.179 e. The first kappa shape index (κ1) is 18.4. The van der Waals surface area contributed by atoms with E-state index in [9.17, 15) is 0 Å². The molecule has 0 spiro atoms. The standard InChI is InChI=1S/C13H28S4/c14-9-2-1-5-13(17)6-3-4-12(7-10-15)8-11-16/h12-17H,1-11H2. The predicted molar refractivity (Wildman–Crippen MR) is 94.8 cm³/mol. The Balaban J connectivity index is 3.50. The Labute approximate surface area is 130 Å². The first-order valence-electron chi connectivity index (χ1n) is 6.75. The monoisotopic (exact) mass is 312 g/mol. The highest BCUT2D eigenvalue weighted by Gasteiger charge is 2.08. The van der Waals surface area contributed by atoms with Crippen LogP contribution in [-0.2, 0) is 0 Å². The first-order valence-corrected chi connectivity index (χ1v) is 9.16. The lowest BCUT2D eigenvalue weighted by atomic mass is 9.95. The van der Waals surface area contributed by atoms with Crippen LogP contribution in [0.5, 0.6) is 0 Å². The average Bonchev–Trinajstić information content (AvgIpc) is 2.30. The molecule has 4 heteroatoms. The third-order valence-electron chi connectivity index (χ3n) is 3.17. The Morgan fingerprint density at radius 1 is 0.588 bits per heavy atom. The van der Waals surface area contributed by atoms with Crippen LogP contribution in [0.3, 0.4) is 0 Å². The SMILES string of the molecule is SCCCCC(S)CCCC(CCS)CCS. The van der Waals surface area contributed by atoms with Crippen molar-refractivity contribution in [3.63, 3.8) is 0 Å². The summed E-state index contributed by atoms with van der Waals surface area (Å²) < 4.78 is 0. The molecule has 0 N–H and O–H groups in total. The highest BCUT2D eigenvalue weighted by atomic mass is 32.1. The van der Waals surface area contributed by atoms with Crippen molar-refractivity contribution >= 4 is 50.5 Å². The number of thiol groups is 4. The molecule has 0 aromatic heterocycles. The van der Waals surface area contributed by atoms with E-state index in [1.54, 1.807) is 0 Å². The van der Waals surface area contributed by atoms with Crippen molar-refractivity contribution in [2.75, 3.05) is 17.3 Å². The number of rotatable bonds is 12. The zero-order valence-corrected chi connectivity index (χ0v) is 14.3. The molecular weight excluding hydrogens is 284 g/mol. The largest absolute Gasteiger partial charge is 0.179 e. The summed E-state index contributed by atoms with van der Waals surface area (Å²) in [5.74, 6) is 3.84. The van der Waals surface area contributed by atoms with E-state index in [2.05, 4.69) is 50.5 Å². The van der Waals surface area contributed by atoms with Gasteiger partial charge in [0, 0.05) is 5.25 Å². The molecule has 0 rings (SSSR count). The second kappa shape index (κ2) is 13.8. The van der Waals surface area contributed by atoms with Gasteiger partial charge in [-0.1, -0.05) is 19.3 Å². The lowest BCUT2D eigenvalue weighted by Crippen LogP contribution is -2.05. The van der Waals surface area contributed by atoms with Crippen LogP contribution in [0, 0.1) is 5.92 Å². The van der Waals surface area contributed by atoms with Gasteiger partial charge in [-0.3, -0.25) is 0 Å². The maximum Gasteiger partial charge on any atom is 0.00168 e. The van der Waals surface area contributed by atoms with Gasteiger partial charge in [0.25, 0.3) is 0 Å². The van der Waals surface area contributed by atoms with E-state index in [0.29, 0.717) is 5.25 Å². The third-order valence-corrected chi connectivity index (χ3v) is 4.52. The van der Waals surface area contributed by atoms with Gasteiger partial charge in [-0.05, 0) is 55.3 Å². The van der Waals surface area contributed by atoms with Crippen LogP contribution in [0.15, 0.2) is 0 Å². The fourth-order valence-electron chi connectivity index (χ4n) is 2.08. The van der Waals surface area contributed by atoms with Crippen molar-refractivity contribution in [1.82, 2.24) is 0 Å². The Hall–Kier alpha value is 1.40. The topological polar surface area (TPSA) is 0 Å². The molecule has 0 aliphatic carbocycles. The van der Waals surface area contributed by atoms with Crippen molar-refractivity contribution in [3.8, 4) is 0 Å². The summed E-state index contributed by atoms with van der Waals surface area (Å²) in [6.07, 6.45) is 10.1. The van der Waals surface area contributed by atoms with Crippen LogP contribution in [0.1, 0.15) is 51.4 Å². The molecule has 0 saturated heterocycles. The predicted octanol–water partition coefficient (Wildman–Crippen LogP) is 4.81. The molecule has 104 valence electrons. The fraction of sp³-hybridized carbons (Fsp3) is 1.00. The third kappa shape index (κ3) is 12.2. The zero-order chi connectivity index (χ0) is 12.9. The zero-order valence-electron chi connectivity index (χ0n) is 10.7. The maximum atomic E-state index is 4.65. The molecule has 0 aromatic carbocycles. The lowest BCUT2D eigenvalue weighted by Gasteiger charge is -2.16. The van der Waals surface area contributed by atoms with E-state index >= 15 is 0 Å². The van der Waals surface area contributed by atoms with Gasteiger partial charge in [0.2, 0.25) is 0 Å². The van der Waals surface area contributed by atoms with E-state index in [0.717, 1.165) is 23.2 Å². The lowest BCUT2D eigenvalue weighted by molar-refractivity contribution is 0.435. The van der Waals surface area contributed by atoms with Gasteiger partial charge in [-0.2, -0.15) is 50.5 Å². The van der Waals surface area contributed by atoms with Gasteiger partial charge in [0.15, 0.2) is 0 Å². The van der Waals surface area contributed by atoms with Crippen molar-refractivity contribution in [2.45, 2.75) is 56.6 Å². The molecule has 0 fully saturated rings. The van der Waals surface area contributed by atoms with E-state index < -0.39 is 0 Å². The normalized spacial score (nSPS) is 13.2. The summed E-state index contributed by atoms with van der Waals surface area (Å²) in [5.41, 5.74) is 0. The molecule has 0 heterocycles. The highest BCUT2D eigenvalue weighted by molar-refractivity contribution is 7.81. The number of unbranched alkanes of at least 4 members (excludes halogenated alkanes) is 1. The van der Waals surface area contributed by atoms with Gasteiger partial charge < -0.3 is 0 Å². The van der Waals surface area contributed by atoms with Crippen molar-refractivity contribution < 1.29 is 0 Å². The van der Waals surface area contributed by atoms with E-state index in [-0.39, 0.29) is 0 Å². The quantitative estimate of drug-likeness (QED) is 0.288. The van der Waals surface area contributed by atoms with Crippen LogP contribution in [-0.4, -0.2) is 22.5 Å². The van der Waals surface area contributed by atoms with E-state index in [1.165, 1.54) is 51.4 Å². The van der Waals surface area contributed by atoms with Gasteiger partial charge >= 0.3 is 0 Å². The minimum atomic E-state index is 0.586. The Morgan fingerprint density at radius 2 is 1.18 bits per heavy atom. The van der Waals surface area contributed by atoms with Crippen LogP contribution >= 0.6 is 50.5 Å². The van der Waals surface area contributed by atoms with Crippen LogP contribution in [0.2, 0.25) is 0 Å². The molecule has 0 radical (unpaired) electrons. The Morgan fingerprint density at radius 3 is 1.71 bits per heavy atom. The average molecular weight is 313 g/mol. The van der Waals surface area contributed by atoms with Gasteiger partial charge in [0.05, 0.1) is 0 Å². The number of hydrogen-bond acceptors (Lipinski definition) is 4. The summed E-state index contributed by atoms with van der Waals surface area (Å²) in [6, 6.07) is 0. The smallest absolute Gasteiger partial charge is 0.00168 e. The molecule has 17 heavy (non-hydrogen) atoms. The summed E-state index contributed by atoms with van der Waals surface area (Å²) in [7, 11) is 0. The Kier molecular flexibility index (Phi) is 15.0. The summed E-state index contributed by atoms with van der Waals surface area (Å²) >= 11 is 17.5. The van der Waals surface area contributed by atoms with Crippen molar-refractivity contribution in [3.05, 3.63) is 0 Å². The highest BCUT2D eigenvalue weighted by Crippen LogP contribution is 2.21. The molecular formula is C13H28S4. The molecule has 0 aliphatic heterocycles. The molecule has 1 unspecified atom stereocenters. The molecule has 0 aromatic rings.